The summed E-state index contributed by atoms with van der Waals surface area (Å²) in [5.74, 6) is 2.00. The number of rotatable bonds is 5. The molecule has 0 radical (unpaired) electrons. The number of nitrogens with zero attached hydrogens (tertiary/aromatic N) is 2. The molecule has 1 aromatic carbocycles. The van der Waals surface area contributed by atoms with Gasteiger partial charge in [-0.15, -0.1) is 10.2 Å². The highest BCUT2D eigenvalue weighted by Crippen LogP contribution is 2.29. The lowest BCUT2D eigenvalue weighted by atomic mass is 10.0. The van der Waals surface area contributed by atoms with Gasteiger partial charge in [-0.05, 0) is 24.3 Å². The van der Waals surface area contributed by atoms with Crippen molar-refractivity contribution in [1.29, 1.82) is 0 Å². The maximum absolute atomic E-state index is 5.81. The number of methoxy groups -OCH3 is 1. The van der Waals surface area contributed by atoms with Crippen LogP contribution in [0.3, 0.4) is 0 Å². The van der Waals surface area contributed by atoms with E-state index in [1.807, 2.05) is 30.3 Å². The Morgan fingerprint density at radius 2 is 1.95 bits per heavy atom. The first-order valence-electron chi connectivity index (χ1n) is 7.27. The lowest BCUT2D eigenvalue weighted by Gasteiger charge is -2.11. The third kappa shape index (κ3) is 2.90. The average Bonchev–Trinajstić information content (AvgIpc) is 3.14. The van der Waals surface area contributed by atoms with Crippen LogP contribution in [0.4, 0.5) is 0 Å². The van der Waals surface area contributed by atoms with Crippen molar-refractivity contribution in [1.82, 2.24) is 10.2 Å². The molecule has 1 fully saturated rings. The van der Waals surface area contributed by atoms with Crippen molar-refractivity contribution in [2.75, 3.05) is 7.11 Å². The monoisotopic (exact) mass is 272 g/mol. The van der Waals surface area contributed by atoms with Gasteiger partial charge >= 0.3 is 0 Å². The first kappa shape index (κ1) is 13.3. The van der Waals surface area contributed by atoms with Crippen molar-refractivity contribution in [3.8, 4) is 0 Å². The average molecular weight is 272 g/mol. The van der Waals surface area contributed by atoms with Crippen LogP contribution >= 0.6 is 0 Å². The highest BCUT2D eigenvalue weighted by Gasteiger charge is 2.22. The molecule has 1 aromatic heterocycles. The molecule has 1 saturated carbocycles. The smallest absolute Gasteiger partial charge is 0.249 e. The van der Waals surface area contributed by atoms with Crippen molar-refractivity contribution in [2.24, 2.45) is 5.92 Å². The van der Waals surface area contributed by atoms with Gasteiger partial charge < -0.3 is 9.15 Å². The molecule has 4 heteroatoms. The first-order valence-corrected chi connectivity index (χ1v) is 7.27. The molecule has 3 rings (SSSR count). The number of hydrogen-bond donors (Lipinski definition) is 0. The van der Waals surface area contributed by atoms with E-state index >= 15 is 0 Å². The van der Waals surface area contributed by atoms with Gasteiger partial charge in [-0.2, -0.15) is 0 Å². The summed E-state index contributed by atoms with van der Waals surface area (Å²) >= 11 is 0. The van der Waals surface area contributed by atoms with Gasteiger partial charge in [0, 0.05) is 13.5 Å². The Morgan fingerprint density at radius 3 is 2.65 bits per heavy atom. The van der Waals surface area contributed by atoms with Gasteiger partial charge in [0.05, 0.1) is 0 Å². The van der Waals surface area contributed by atoms with E-state index in [1.165, 1.54) is 25.7 Å². The van der Waals surface area contributed by atoms with Gasteiger partial charge in [0.1, 0.15) is 0 Å². The van der Waals surface area contributed by atoms with Gasteiger partial charge in [-0.1, -0.05) is 43.2 Å². The summed E-state index contributed by atoms with van der Waals surface area (Å²) in [6.45, 7) is 0. The quantitative estimate of drug-likeness (QED) is 0.835. The lowest BCUT2D eigenvalue weighted by Crippen LogP contribution is -2.03. The van der Waals surface area contributed by atoms with E-state index in [4.69, 9.17) is 9.15 Å². The van der Waals surface area contributed by atoms with Gasteiger partial charge in [0.2, 0.25) is 11.8 Å². The van der Waals surface area contributed by atoms with Crippen molar-refractivity contribution in [3.63, 3.8) is 0 Å². The normalized spacial score (nSPS) is 17.4. The van der Waals surface area contributed by atoms with Crippen LogP contribution in [0.2, 0.25) is 0 Å². The zero-order chi connectivity index (χ0) is 13.8. The highest BCUT2D eigenvalue weighted by molar-refractivity contribution is 5.21. The largest absolute Gasteiger partial charge is 0.422 e. The zero-order valence-corrected chi connectivity index (χ0v) is 11.8. The molecule has 1 aliphatic carbocycles. The topological polar surface area (TPSA) is 48.2 Å². The molecule has 1 heterocycles. The van der Waals surface area contributed by atoms with E-state index in [0.29, 0.717) is 11.8 Å². The van der Waals surface area contributed by atoms with Crippen LogP contribution in [0.15, 0.2) is 34.7 Å². The summed E-state index contributed by atoms with van der Waals surface area (Å²) < 4.78 is 11.3. The second-order valence-corrected chi connectivity index (χ2v) is 5.42. The van der Waals surface area contributed by atoms with Gasteiger partial charge in [0.15, 0.2) is 6.10 Å². The molecule has 0 N–H and O–H groups in total. The number of benzene rings is 1. The minimum atomic E-state index is -0.277. The molecular formula is C16H20N2O2. The maximum Gasteiger partial charge on any atom is 0.249 e. The Balaban J connectivity index is 1.74. The molecule has 1 unspecified atom stereocenters. The van der Waals surface area contributed by atoms with Crippen LogP contribution in [0, 0.1) is 5.92 Å². The van der Waals surface area contributed by atoms with E-state index in [9.17, 15) is 0 Å². The zero-order valence-electron chi connectivity index (χ0n) is 11.8. The molecule has 0 aliphatic heterocycles. The summed E-state index contributed by atoms with van der Waals surface area (Å²) in [6.07, 6.45) is 5.85. The third-order valence-corrected chi connectivity index (χ3v) is 3.98. The molecule has 1 aliphatic rings. The Bertz CT molecular complexity index is 532. The van der Waals surface area contributed by atoms with Crippen LogP contribution in [0.25, 0.3) is 0 Å². The Morgan fingerprint density at radius 1 is 1.20 bits per heavy atom. The fourth-order valence-electron chi connectivity index (χ4n) is 2.92. The number of hydrogen-bond acceptors (Lipinski definition) is 4. The molecule has 2 aromatic rings. The summed E-state index contributed by atoms with van der Waals surface area (Å²) in [5.41, 5.74) is 1.03. The molecule has 4 nitrogen and oxygen atoms in total. The minimum absolute atomic E-state index is 0.277. The van der Waals surface area contributed by atoms with Crippen molar-refractivity contribution < 1.29 is 9.15 Å². The maximum atomic E-state index is 5.81. The molecule has 20 heavy (non-hydrogen) atoms. The molecule has 106 valence electrons. The second kappa shape index (κ2) is 6.18. The van der Waals surface area contributed by atoms with E-state index in [2.05, 4.69) is 10.2 Å². The molecule has 0 spiro atoms. The fourth-order valence-corrected chi connectivity index (χ4v) is 2.92. The SMILES string of the molecule is COC(c1ccccc1)c1nnc(CC2CCCC2)o1. The predicted octanol–water partition coefficient (Wildman–Crippen LogP) is 3.54. The van der Waals surface area contributed by atoms with Crippen LogP contribution in [0.1, 0.15) is 49.1 Å². The summed E-state index contributed by atoms with van der Waals surface area (Å²) in [5, 5.41) is 8.34. The molecule has 0 bridgehead atoms. The summed E-state index contributed by atoms with van der Waals surface area (Å²) in [4.78, 5) is 0. The van der Waals surface area contributed by atoms with Crippen molar-refractivity contribution in [3.05, 3.63) is 47.7 Å². The number of aromatic nitrogens is 2. The second-order valence-electron chi connectivity index (χ2n) is 5.42. The summed E-state index contributed by atoms with van der Waals surface area (Å²) in [7, 11) is 1.67. The molecular weight excluding hydrogens is 252 g/mol. The van der Waals surface area contributed by atoms with Gasteiger partial charge in [0.25, 0.3) is 0 Å². The van der Waals surface area contributed by atoms with Crippen LogP contribution in [-0.4, -0.2) is 17.3 Å². The third-order valence-electron chi connectivity index (χ3n) is 3.98. The lowest BCUT2D eigenvalue weighted by molar-refractivity contribution is 0.110. The molecule has 0 amide bonds. The van der Waals surface area contributed by atoms with Gasteiger partial charge in [-0.25, -0.2) is 0 Å². The first-order chi connectivity index (χ1) is 9.86. The van der Waals surface area contributed by atoms with E-state index in [1.54, 1.807) is 7.11 Å². The van der Waals surface area contributed by atoms with E-state index in [-0.39, 0.29) is 6.10 Å². The number of ether oxygens (including phenoxy) is 1. The van der Waals surface area contributed by atoms with Crippen LogP contribution in [0.5, 0.6) is 0 Å². The fraction of sp³-hybridized carbons (Fsp3) is 0.500. The molecule has 1 atom stereocenters. The summed E-state index contributed by atoms with van der Waals surface area (Å²) in [6, 6.07) is 9.97. The van der Waals surface area contributed by atoms with Crippen LogP contribution in [-0.2, 0) is 11.2 Å². The van der Waals surface area contributed by atoms with E-state index < -0.39 is 0 Å². The van der Waals surface area contributed by atoms with E-state index in [0.717, 1.165) is 17.9 Å². The molecule has 0 saturated heterocycles. The Labute approximate surface area is 119 Å². The van der Waals surface area contributed by atoms with Crippen molar-refractivity contribution >= 4 is 0 Å². The minimum Gasteiger partial charge on any atom is -0.422 e. The van der Waals surface area contributed by atoms with Gasteiger partial charge in [-0.3, -0.25) is 0 Å². The van der Waals surface area contributed by atoms with Crippen LogP contribution < -0.4 is 0 Å². The van der Waals surface area contributed by atoms with Crippen molar-refractivity contribution in [2.45, 2.75) is 38.2 Å². The highest BCUT2D eigenvalue weighted by atomic mass is 16.5. The Kier molecular flexibility index (Phi) is 4.11. The standard InChI is InChI=1S/C16H20N2O2/c1-19-15(13-9-3-2-4-10-13)16-18-17-14(20-16)11-12-7-5-6-8-12/h2-4,9-10,12,15H,5-8,11H2,1H3. The predicted molar refractivity (Wildman–Crippen MR) is 75.3 cm³/mol. The Hall–Kier alpha value is -1.68.